The lowest BCUT2D eigenvalue weighted by Gasteiger charge is -2.31. The number of rotatable bonds is 10. The highest BCUT2D eigenvalue weighted by Gasteiger charge is 2.44. The molecule has 1 fully saturated rings. The van der Waals surface area contributed by atoms with Crippen molar-refractivity contribution in [2.45, 2.75) is 70.1 Å². The van der Waals surface area contributed by atoms with Gasteiger partial charge in [-0.05, 0) is 68.5 Å². The first-order valence-electron chi connectivity index (χ1n) is 14.1. The van der Waals surface area contributed by atoms with Gasteiger partial charge in [0, 0.05) is 10.9 Å². The third-order valence-electron chi connectivity index (χ3n) is 7.63. The lowest BCUT2D eigenvalue weighted by molar-refractivity contribution is -0.204. The summed E-state index contributed by atoms with van der Waals surface area (Å²) in [5, 5.41) is 22.6. The highest BCUT2D eigenvalue weighted by molar-refractivity contribution is 7.18. The van der Waals surface area contributed by atoms with Crippen LogP contribution in [0.1, 0.15) is 48.9 Å². The van der Waals surface area contributed by atoms with Crippen molar-refractivity contribution in [3.63, 3.8) is 0 Å². The minimum atomic E-state index is -5.30. The van der Waals surface area contributed by atoms with Crippen molar-refractivity contribution in [1.82, 2.24) is 25.7 Å². The maximum absolute atomic E-state index is 13.4. The number of nitrogens with zero attached hydrogens (tertiary/aromatic N) is 3. The van der Waals surface area contributed by atoms with E-state index in [-0.39, 0.29) is 23.0 Å². The van der Waals surface area contributed by atoms with Crippen molar-refractivity contribution in [2.24, 2.45) is 5.92 Å². The van der Waals surface area contributed by atoms with Crippen LogP contribution in [0.3, 0.4) is 0 Å². The molecule has 2 unspecified atom stereocenters. The third kappa shape index (κ3) is 7.86. The first-order valence-corrected chi connectivity index (χ1v) is 14.9. The van der Waals surface area contributed by atoms with Crippen LogP contribution in [-0.2, 0) is 22.1 Å². The van der Waals surface area contributed by atoms with Gasteiger partial charge in [0.1, 0.15) is 5.01 Å². The zero-order valence-electron chi connectivity index (χ0n) is 23.6. The van der Waals surface area contributed by atoms with Crippen LogP contribution in [-0.4, -0.2) is 51.4 Å². The second-order valence-electron chi connectivity index (χ2n) is 10.9. The number of esters is 1. The van der Waals surface area contributed by atoms with Crippen LogP contribution in [0.5, 0.6) is 0 Å². The Balaban J connectivity index is 1.44. The SMILES string of the molecule is Cc1n[nH]c2ccc(-c3nnc(NC(OC(=O)C(F)(F)F)C(Cc4cccc(C(F)(F)F)c4)NCC4CCCCC4)s3)cc12. The molecular weight excluding hydrogens is 610 g/mol. The molecule has 1 aliphatic carbocycles. The summed E-state index contributed by atoms with van der Waals surface area (Å²) in [6.07, 6.45) is -6.79. The average Bonchev–Trinajstić information content (AvgIpc) is 3.61. The fourth-order valence-electron chi connectivity index (χ4n) is 5.32. The number of benzene rings is 2. The lowest BCUT2D eigenvalue weighted by atomic mass is 9.89. The number of alkyl halides is 6. The number of hydrogen-bond donors (Lipinski definition) is 3. The molecule has 1 saturated carbocycles. The monoisotopic (exact) mass is 640 g/mol. The van der Waals surface area contributed by atoms with Crippen LogP contribution in [0.25, 0.3) is 21.5 Å². The van der Waals surface area contributed by atoms with E-state index in [0.717, 1.165) is 72.2 Å². The van der Waals surface area contributed by atoms with Gasteiger partial charge in [-0.25, -0.2) is 4.79 Å². The van der Waals surface area contributed by atoms with Crippen LogP contribution >= 0.6 is 11.3 Å². The molecule has 236 valence electrons. The number of carbonyl (C=O) groups excluding carboxylic acids is 1. The second-order valence-corrected chi connectivity index (χ2v) is 11.8. The molecule has 15 heteroatoms. The molecule has 0 bridgehead atoms. The molecule has 0 radical (unpaired) electrons. The molecule has 2 aromatic heterocycles. The summed E-state index contributed by atoms with van der Waals surface area (Å²) in [5.74, 6) is -2.21. The fourth-order valence-corrected chi connectivity index (χ4v) is 6.08. The van der Waals surface area contributed by atoms with Crippen LogP contribution in [0, 0.1) is 12.8 Å². The molecule has 2 aromatic carbocycles. The van der Waals surface area contributed by atoms with Crippen molar-refractivity contribution in [2.75, 3.05) is 11.9 Å². The number of aromatic amines is 1. The molecule has 44 heavy (non-hydrogen) atoms. The molecule has 5 rings (SSSR count). The van der Waals surface area contributed by atoms with Gasteiger partial charge in [0.15, 0.2) is 6.23 Å². The van der Waals surface area contributed by atoms with E-state index >= 15 is 0 Å². The predicted molar refractivity (Wildman–Crippen MR) is 153 cm³/mol. The minimum Gasteiger partial charge on any atom is -0.433 e. The Morgan fingerprint density at radius 2 is 1.84 bits per heavy atom. The van der Waals surface area contributed by atoms with Gasteiger partial charge in [0.2, 0.25) is 5.13 Å². The van der Waals surface area contributed by atoms with Crippen molar-refractivity contribution in [3.8, 4) is 10.6 Å². The number of hydrogen-bond acceptors (Lipinski definition) is 8. The van der Waals surface area contributed by atoms with Crippen LogP contribution in [0.4, 0.5) is 31.5 Å². The highest BCUT2D eigenvalue weighted by atomic mass is 32.1. The zero-order chi connectivity index (χ0) is 31.5. The fraction of sp³-hybridized carbons (Fsp3) is 0.448. The molecule has 0 amide bonds. The van der Waals surface area contributed by atoms with Gasteiger partial charge in [-0.15, -0.1) is 10.2 Å². The van der Waals surface area contributed by atoms with E-state index in [1.165, 1.54) is 12.1 Å². The molecule has 1 aliphatic rings. The lowest BCUT2D eigenvalue weighted by Crippen LogP contribution is -2.50. The van der Waals surface area contributed by atoms with Gasteiger partial charge in [-0.1, -0.05) is 48.8 Å². The average molecular weight is 641 g/mol. The van der Waals surface area contributed by atoms with Crippen molar-refractivity contribution in [1.29, 1.82) is 0 Å². The van der Waals surface area contributed by atoms with Crippen molar-refractivity contribution in [3.05, 3.63) is 59.3 Å². The second kappa shape index (κ2) is 13.1. The Labute approximate surface area is 252 Å². The van der Waals surface area contributed by atoms with Gasteiger partial charge in [0.25, 0.3) is 0 Å². The van der Waals surface area contributed by atoms with E-state index in [1.807, 2.05) is 19.1 Å². The van der Waals surface area contributed by atoms with Gasteiger partial charge in [0.05, 0.1) is 22.8 Å². The molecule has 0 saturated heterocycles. The summed E-state index contributed by atoms with van der Waals surface area (Å²) in [5.41, 5.74) is 1.58. The number of carbonyl (C=O) groups is 1. The maximum atomic E-state index is 13.4. The van der Waals surface area contributed by atoms with E-state index in [4.69, 9.17) is 4.74 Å². The summed E-state index contributed by atoms with van der Waals surface area (Å²) in [7, 11) is 0. The van der Waals surface area contributed by atoms with Crippen LogP contribution < -0.4 is 10.6 Å². The Bertz CT molecular complexity index is 1580. The van der Waals surface area contributed by atoms with Crippen LogP contribution in [0.2, 0.25) is 0 Å². The predicted octanol–water partition coefficient (Wildman–Crippen LogP) is 7.03. The third-order valence-corrected chi connectivity index (χ3v) is 8.53. The highest BCUT2D eigenvalue weighted by Crippen LogP contribution is 2.32. The minimum absolute atomic E-state index is 0.0671. The quantitative estimate of drug-likeness (QED) is 0.0971. The van der Waals surface area contributed by atoms with Crippen molar-refractivity contribution >= 4 is 33.3 Å². The topological polar surface area (TPSA) is 105 Å². The normalized spacial score (nSPS) is 16.2. The number of halogens is 6. The summed E-state index contributed by atoms with van der Waals surface area (Å²) in [6, 6.07) is 8.94. The maximum Gasteiger partial charge on any atom is 0.491 e. The molecule has 2 atom stereocenters. The van der Waals surface area contributed by atoms with E-state index in [1.54, 1.807) is 6.07 Å². The standard InChI is InChI=1S/C29H30F6N6O2S/c1-16-21-14-19(10-11-22(21)39-38-16)25-40-41-27(44-25)37-24(43-26(42)29(33,34)35)23(36-15-17-6-3-2-4-7-17)13-18-8-5-9-20(12-18)28(30,31)32/h5,8-12,14,17,23-24,36H,2-4,6-7,13,15H2,1H3,(H,37,41)(H,38,39). The van der Waals surface area contributed by atoms with Crippen LogP contribution in [0.15, 0.2) is 42.5 Å². The largest absolute Gasteiger partial charge is 0.491 e. The smallest absolute Gasteiger partial charge is 0.433 e. The number of nitrogens with one attached hydrogen (secondary N) is 3. The number of aryl methyl sites for hydroxylation is 1. The Hall–Kier alpha value is -3.72. The number of fused-ring (bicyclic) bond motifs is 1. The molecule has 2 heterocycles. The molecule has 0 aliphatic heterocycles. The van der Waals surface area contributed by atoms with Gasteiger partial charge < -0.3 is 15.4 Å². The summed E-state index contributed by atoms with van der Waals surface area (Å²) >= 11 is 1.03. The Morgan fingerprint density at radius 3 is 2.57 bits per heavy atom. The molecule has 4 aromatic rings. The van der Waals surface area contributed by atoms with E-state index in [9.17, 15) is 31.1 Å². The number of aromatic nitrogens is 4. The number of ether oxygens (including phenoxy) is 1. The molecule has 8 nitrogen and oxygen atoms in total. The number of H-pyrrole nitrogens is 1. The van der Waals surface area contributed by atoms with Gasteiger partial charge in [-0.3, -0.25) is 5.10 Å². The molecular formula is C29H30F6N6O2S. The van der Waals surface area contributed by atoms with Crippen molar-refractivity contribution < 1.29 is 35.9 Å². The summed E-state index contributed by atoms with van der Waals surface area (Å²) in [4.78, 5) is 12.1. The number of anilines is 1. The Kier molecular flexibility index (Phi) is 9.44. The van der Waals surface area contributed by atoms with Gasteiger partial charge in [-0.2, -0.15) is 31.4 Å². The summed E-state index contributed by atoms with van der Waals surface area (Å²) < 4.78 is 85.4. The van der Waals surface area contributed by atoms with E-state index < -0.39 is 36.2 Å². The molecule has 3 N–H and O–H groups in total. The van der Waals surface area contributed by atoms with E-state index in [0.29, 0.717) is 17.1 Å². The first kappa shape index (κ1) is 31.7. The van der Waals surface area contributed by atoms with E-state index in [2.05, 4.69) is 31.0 Å². The Morgan fingerprint density at radius 1 is 1.07 bits per heavy atom. The summed E-state index contributed by atoms with van der Waals surface area (Å²) in [6.45, 7) is 2.22. The molecule has 0 spiro atoms. The first-order chi connectivity index (χ1) is 20.9. The van der Waals surface area contributed by atoms with Gasteiger partial charge >= 0.3 is 18.3 Å². The zero-order valence-corrected chi connectivity index (χ0v) is 24.4.